The number of morpholine rings is 1. The van der Waals surface area contributed by atoms with Crippen molar-refractivity contribution in [1.82, 2.24) is 4.90 Å². The summed E-state index contributed by atoms with van der Waals surface area (Å²) in [7, 11) is 0. The lowest BCUT2D eigenvalue weighted by Gasteiger charge is -2.25. The molecule has 1 aliphatic rings. The molecule has 9 heteroatoms. The highest BCUT2D eigenvalue weighted by Crippen LogP contribution is 1.95. The molecule has 9 nitrogen and oxygen atoms in total. The number of carboxylic acid groups (broad SMARTS) is 2. The number of aliphatic carboxylic acids is 2. The van der Waals surface area contributed by atoms with E-state index in [0.29, 0.717) is 6.54 Å². The molecule has 0 radical (unpaired) electrons. The maximum atomic E-state index is 9.10. The molecule has 0 aromatic carbocycles. The number of carbonyl (C=O) groups is 2. The van der Waals surface area contributed by atoms with Gasteiger partial charge >= 0.3 is 11.9 Å². The minimum Gasteiger partial charge on any atom is -0.473 e. The molecule has 1 aliphatic heterocycles. The van der Waals surface area contributed by atoms with E-state index in [2.05, 4.69) is 9.89 Å². The number of nitrogens with two attached hydrogens (primary N) is 2. The number of aliphatic imine (C=N–C) groups is 1. The van der Waals surface area contributed by atoms with E-state index in [1.54, 1.807) is 0 Å². The van der Waals surface area contributed by atoms with Gasteiger partial charge in [-0.2, -0.15) is 0 Å². The zero-order valence-corrected chi connectivity index (χ0v) is 9.91. The van der Waals surface area contributed by atoms with Crippen molar-refractivity contribution >= 4 is 17.9 Å². The Bertz CT molecular complexity index is 285. The van der Waals surface area contributed by atoms with Crippen molar-refractivity contribution in [2.75, 3.05) is 39.4 Å². The lowest BCUT2D eigenvalue weighted by atomic mass is 10.4. The van der Waals surface area contributed by atoms with Crippen LogP contribution in [-0.2, 0) is 14.3 Å². The van der Waals surface area contributed by atoms with E-state index in [0.717, 1.165) is 32.8 Å². The van der Waals surface area contributed by atoms with Crippen LogP contribution in [0.5, 0.6) is 0 Å². The first kappa shape index (κ1) is 16.1. The monoisotopic (exact) mass is 262 g/mol. The smallest absolute Gasteiger partial charge is 0.414 e. The third-order valence-corrected chi connectivity index (χ3v) is 2.00. The van der Waals surface area contributed by atoms with E-state index in [9.17, 15) is 0 Å². The van der Waals surface area contributed by atoms with Gasteiger partial charge in [0.2, 0.25) is 0 Å². The van der Waals surface area contributed by atoms with Gasteiger partial charge in [0.05, 0.1) is 19.8 Å². The van der Waals surface area contributed by atoms with Crippen LogP contribution in [0.15, 0.2) is 4.99 Å². The zero-order valence-electron chi connectivity index (χ0n) is 9.91. The summed E-state index contributed by atoms with van der Waals surface area (Å²) in [6, 6.07) is 0. The number of hydrogen-bond donors (Lipinski definition) is 4. The molecule has 1 saturated heterocycles. The van der Waals surface area contributed by atoms with E-state index in [1.807, 2.05) is 0 Å². The van der Waals surface area contributed by atoms with Crippen LogP contribution in [0, 0.1) is 0 Å². The van der Waals surface area contributed by atoms with E-state index in [4.69, 9.17) is 36.0 Å². The van der Waals surface area contributed by atoms with Gasteiger partial charge in [0.25, 0.3) is 0 Å². The molecule has 0 saturated carbocycles. The standard InChI is InChI=1S/C7H16N4O.C2H2O4/c8-7(9)10-1-2-11-3-5-12-6-4-11;3-1(4)2(5)6/h1-6H2,(H4,8,9,10);(H,3,4)(H,5,6). The summed E-state index contributed by atoms with van der Waals surface area (Å²) in [5.41, 5.74) is 10.4. The molecule has 0 amide bonds. The Morgan fingerprint density at radius 2 is 1.67 bits per heavy atom. The van der Waals surface area contributed by atoms with Crippen molar-refractivity contribution in [3.8, 4) is 0 Å². The molecule has 0 bridgehead atoms. The summed E-state index contributed by atoms with van der Waals surface area (Å²) in [6.45, 7) is 5.22. The van der Waals surface area contributed by atoms with E-state index in [1.165, 1.54) is 0 Å². The molecule has 0 aromatic heterocycles. The zero-order chi connectivity index (χ0) is 14.0. The Kier molecular flexibility index (Phi) is 8.24. The second-order valence-corrected chi connectivity index (χ2v) is 3.37. The summed E-state index contributed by atoms with van der Waals surface area (Å²) in [5, 5.41) is 14.8. The first-order chi connectivity index (χ1) is 8.43. The highest BCUT2D eigenvalue weighted by molar-refractivity contribution is 6.27. The highest BCUT2D eigenvalue weighted by Gasteiger charge is 2.08. The van der Waals surface area contributed by atoms with Crippen molar-refractivity contribution in [3.05, 3.63) is 0 Å². The number of carboxylic acids is 2. The van der Waals surface area contributed by atoms with E-state index < -0.39 is 11.9 Å². The molecular weight excluding hydrogens is 244 g/mol. The van der Waals surface area contributed by atoms with Crippen LogP contribution in [0.1, 0.15) is 0 Å². The molecule has 0 aromatic rings. The Morgan fingerprint density at radius 3 is 2.06 bits per heavy atom. The minimum absolute atomic E-state index is 0.170. The molecule has 0 atom stereocenters. The second-order valence-electron chi connectivity index (χ2n) is 3.37. The number of ether oxygens (including phenoxy) is 1. The normalized spacial score (nSPS) is 15.1. The van der Waals surface area contributed by atoms with E-state index >= 15 is 0 Å². The van der Waals surface area contributed by atoms with Gasteiger partial charge in [-0.25, -0.2) is 9.59 Å². The molecule has 6 N–H and O–H groups in total. The maximum absolute atomic E-state index is 9.10. The largest absolute Gasteiger partial charge is 0.473 e. The Labute approximate surface area is 104 Å². The van der Waals surface area contributed by atoms with Crippen LogP contribution in [0.2, 0.25) is 0 Å². The van der Waals surface area contributed by atoms with Gasteiger partial charge in [0.1, 0.15) is 0 Å². The highest BCUT2D eigenvalue weighted by atomic mass is 16.5. The fraction of sp³-hybridized carbons (Fsp3) is 0.667. The predicted molar refractivity (Wildman–Crippen MR) is 63.2 cm³/mol. The average Bonchev–Trinajstić information content (AvgIpc) is 2.30. The van der Waals surface area contributed by atoms with Crippen molar-refractivity contribution in [3.63, 3.8) is 0 Å². The fourth-order valence-corrected chi connectivity index (χ4v) is 1.15. The van der Waals surface area contributed by atoms with Crippen LogP contribution in [-0.4, -0.2) is 72.4 Å². The quantitative estimate of drug-likeness (QED) is 0.253. The molecule has 0 aliphatic carbocycles. The molecule has 1 rings (SSSR count). The fourth-order valence-electron chi connectivity index (χ4n) is 1.15. The van der Waals surface area contributed by atoms with Crippen LogP contribution < -0.4 is 11.5 Å². The molecular formula is C9H18N4O5. The number of nitrogens with zero attached hydrogens (tertiary/aromatic N) is 2. The van der Waals surface area contributed by atoms with Crippen molar-refractivity contribution < 1.29 is 24.5 Å². The van der Waals surface area contributed by atoms with Crippen molar-refractivity contribution in [1.29, 1.82) is 0 Å². The number of rotatable bonds is 3. The van der Waals surface area contributed by atoms with Gasteiger partial charge in [-0.1, -0.05) is 0 Å². The third-order valence-electron chi connectivity index (χ3n) is 2.00. The molecule has 0 spiro atoms. The van der Waals surface area contributed by atoms with Gasteiger partial charge in [0, 0.05) is 19.6 Å². The molecule has 1 fully saturated rings. The summed E-state index contributed by atoms with van der Waals surface area (Å²) in [6.07, 6.45) is 0. The van der Waals surface area contributed by atoms with Crippen LogP contribution in [0.3, 0.4) is 0 Å². The first-order valence-electron chi connectivity index (χ1n) is 5.25. The van der Waals surface area contributed by atoms with Gasteiger partial charge in [-0.15, -0.1) is 0 Å². The summed E-state index contributed by atoms with van der Waals surface area (Å²) in [4.78, 5) is 24.4. The maximum Gasteiger partial charge on any atom is 0.414 e. The SMILES string of the molecule is NC(N)=NCCN1CCOCC1.O=C(O)C(=O)O. The molecule has 104 valence electrons. The van der Waals surface area contributed by atoms with Gasteiger partial charge in [-0.05, 0) is 0 Å². The van der Waals surface area contributed by atoms with Crippen LogP contribution in [0.4, 0.5) is 0 Å². The van der Waals surface area contributed by atoms with Crippen molar-refractivity contribution in [2.45, 2.75) is 0 Å². The lowest BCUT2D eigenvalue weighted by molar-refractivity contribution is -0.159. The van der Waals surface area contributed by atoms with Gasteiger partial charge in [-0.3, -0.25) is 9.89 Å². The van der Waals surface area contributed by atoms with Crippen molar-refractivity contribution in [2.24, 2.45) is 16.5 Å². The Morgan fingerprint density at radius 1 is 1.17 bits per heavy atom. The Balaban J connectivity index is 0.000000411. The minimum atomic E-state index is -1.82. The van der Waals surface area contributed by atoms with Gasteiger partial charge < -0.3 is 26.4 Å². The summed E-state index contributed by atoms with van der Waals surface area (Å²) < 4.78 is 5.20. The molecule has 1 heterocycles. The number of guanidine groups is 1. The van der Waals surface area contributed by atoms with E-state index in [-0.39, 0.29) is 5.96 Å². The topological polar surface area (TPSA) is 151 Å². The molecule has 18 heavy (non-hydrogen) atoms. The van der Waals surface area contributed by atoms with Gasteiger partial charge in [0.15, 0.2) is 5.96 Å². The lowest BCUT2D eigenvalue weighted by Crippen LogP contribution is -2.38. The summed E-state index contributed by atoms with van der Waals surface area (Å²) in [5.74, 6) is -3.48. The second kappa shape index (κ2) is 9.19. The molecule has 0 unspecified atom stereocenters. The number of hydrogen-bond acceptors (Lipinski definition) is 5. The third kappa shape index (κ3) is 9.36. The predicted octanol–water partition coefficient (Wildman–Crippen LogP) is -2.25. The van der Waals surface area contributed by atoms with Crippen LogP contribution in [0.25, 0.3) is 0 Å². The first-order valence-corrected chi connectivity index (χ1v) is 5.25. The van der Waals surface area contributed by atoms with Crippen LogP contribution >= 0.6 is 0 Å². The average molecular weight is 262 g/mol. The summed E-state index contributed by atoms with van der Waals surface area (Å²) >= 11 is 0. The Hall–Kier alpha value is -1.87.